The van der Waals surface area contributed by atoms with Gasteiger partial charge in [-0.05, 0) is 30.7 Å². The molecule has 0 spiro atoms. The number of fused-ring (bicyclic) bond motifs is 1. The number of rotatable bonds is 4. The van der Waals surface area contributed by atoms with Crippen molar-refractivity contribution in [2.45, 2.75) is 13.5 Å². The van der Waals surface area contributed by atoms with Gasteiger partial charge >= 0.3 is 0 Å². The quantitative estimate of drug-likeness (QED) is 0.679. The van der Waals surface area contributed by atoms with Gasteiger partial charge in [0.2, 0.25) is 0 Å². The molecular formula is C18H17NO2. The Morgan fingerprint density at radius 2 is 1.90 bits per heavy atom. The van der Waals surface area contributed by atoms with Crippen molar-refractivity contribution in [2.24, 2.45) is 0 Å². The minimum Gasteiger partial charge on any atom is -0.496 e. The first-order valence-electron chi connectivity index (χ1n) is 6.91. The van der Waals surface area contributed by atoms with E-state index in [9.17, 15) is 4.79 Å². The zero-order valence-electron chi connectivity index (χ0n) is 12.2. The maximum absolute atomic E-state index is 12.5. The van der Waals surface area contributed by atoms with E-state index in [0.29, 0.717) is 6.54 Å². The molecule has 3 heteroatoms. The highest BCUT2D eigenvalue weighted by Crippen LogP contribution is 2.26. The molecule has 0 radical (unpaired) electrons. The lowest BCUT2D eigenvalue weighted by atomic mass is 10.1. The van der Waals surface area contributed by atoms with Gasteiger partial charge in [-0.2, -0.15) is 0 Å². The van der Waals surface area contributed by atoms with E-state index in [-0.39, 0.29) is 5.78 Å². The average molecular weight is 279 g/mol. The lowest BCUT2D eigenvalue weighted by Crippen LogP contribution is -2.10. The molecule has 0 fully saturated rings. The van der Waals surface area contributed by atoms with Crippen LogP contribution in [-0.4, -0.2) is 17.5 Å². The van der Waals surface area contributed by atoms with Gasteiger partial charge in [0.15, 0.2) is 5.78 Å². The molecule has 0 N–H and O–H groups in total. The molecule has 3 aromatic rings. The van der Waals surface area contributed by atoms with Crippen molar-refractivity contribution < 1.29 is 9.53 Å². The molecule has 1 aromatic heterocycles. The van der Waals surface area contributed by atoms with E-state index >= 15 is 0 Å². The molecule has 2 aromatic carbocycles. The molecule has 0 aliphatic rings. The molecule has 3 rings (SSSR count). The summed E-state index contributed by atoms with van der Waals surface area (Å²) in [5.41, 5.74) is 2.80. The third-order valence-electron chi connectivity index (χ3n) is 3.75. The van der Waals surface area contributed by atoms with Gasteiger partial charge < -0.3 is 9.30 Å². The van der Waals surface area contributed by atoms with Crippen LogP contribution in [-0.2, 0) is 6.54 Å². The standard InChI is InChI=1S/C18H17NO2/c1-13-6-3-4-7-14(13)17(20)12-19-11-10-15-16(19)8-5-9-18(15)21-2/h3-11H,12H2,1-2H3. The Morgan fingerprint density at radius 1 is 1.10 bits per heavy atom. The second-order valence-corrected chi connectivity index (χ2v) is 5.07. The molecule has 0 aliphatic carbocycles. The fourth-order valence-electron chi connectivity index (χ4n) is 2.64. The maximum Gasteiger partial charge on any atom is 0.182 e. The number of methoxy groups -OCH3 is 1. The summed E-state index contributed by atoms with van der Waals surface area (Å²) in [5.74, 6) is 0.947. The van der Waals surface area contributed by atoms with Gasteiger partial charge in [-0.15, -0.1) is 0 Å². The lowest BCUT2D eigenvalue weighted by Gasteiger charge is -2.08. The Kier molecular flexibility index (Phi) is 3.48. The Bertz CT molecular complexity index is 802. The first-order valence-corrected chi connectivity index (χ1v) is 6.91. The summed E-state index contributed by atoms with van der Waals surface area (Å²) >= 11 is 0. The number of ketones is 1. The van der Waals surface area contributed by atoms with Crippen LogP contribution in [0.1, 0.15) is 15.9 Å². The van der Waals surface area contributed by atoms with E-state index < -0.39 is 0 Å². The summed E-state index contributed by atoms with van der Waals surface area (Å²) in [6.07, 6.45) is 1.93. The summed E-state index contributed by atoms with van der Waals surface area (Å²) in [4.78, 5) is 12.5. The first-order chi connectivity index (χ1) is 10.2. The Hall–Kier alpha value is -2.55. The van der Waals surface area contributed by atoms with Gasteiger partial charge in [0, 0.05) is 17.1 Å². The monoisotopic (exact) mass is 279 g/mol. The second-order valence-electron chi connectivity index (χ2n) is 5.07. The molecule has 1 heterocycles. The molecule has 0 aliphatic heterocycles. The number of aromatic nitrogens is 1. The molecule has 0 unspecified atom stereocenters. The molecule has 106 valence electrons. The van der Waals surface area contributed by atoms with Crippen molar-refractivity contribution in [3.63, 3.8) is 0 Å². The molecule has 0 amide bonds. The van der Waals surface area contributed by atoms with Crippen molar-refractivity contribution in [1.29, 1.82) is 0 Å². The highest BCUT2D eigenvalue weighted by atomic mass is 16.5. The maximum atomic E-state index is 12.5. The largest absolute Gasteiger partial charge is 0.496 e. The van der Waals surface area contributed by atoms with Crippen LogP contribution in [0.5, 0.6) is 5.75 Å². The number of carbonyl (C=O) groups excluding carboxylic acids is 1. The van der Waals surface area contributed by atoms with Gasteiger partial charge in [0.25, 0.3) is 0 Å². The first kappa shape index (κ1) is 13.4. The van der Waals surface area contributed by atoms with Crippen LogP contribution in [0, 0.1) is 6.92 Å². The van der Waals surface area contributed by atoms with Crippen molar-refractivity contribution >= 4 is 16.7 Å². The van der Waals surface area contributed by atoms with Crippen LogP contribution in [0.4, 0.5) is 0 Å². The Labute approximate surface area is 123 Å². The topological polar surface area (TPSA) is 31.2 Å². The third kappa shape index (κ3) is 2.42. The van der Waals surface area contributed by atoms with Crippen LogP contribution in [0.15, 0.2) is 54.7 Å². The second kappa shape index (κ2) is 5.44. The summed E-state index contributed by atoms with van der Waals surface area (Å²) in [6, 6.07) is 15.5. The zero-order valence-corrected chi connectivity index (χ0v) is 12.2. The summed E-state index contributed by atoms with van der Waals surface area (Å²) in [7, 11) is 1.66. The smallest absolute Gasteiger partial charge is 0.182 e. The van der Waals surface area contributed by atoms with Crippen molar-refractivity contribution in [1.82, 2.24) is 4.57 Å². The molecule has 21 heavy (non-hydrogen) atoms. The van der Waals surface area contributed by atoms with Gasteiger partial charge in [0.05, 0.1) is 19.2 Å². The van der Waals surface area contributed by atoms with Gasteiger partial charge in [-0.1, -0.05) is 30.3 Å². The van der Waals surface area contributed by atoms with E-state index in [0.717, 1.165) is 27.8 Å². The van der Waals surface area contributed by atoms with Crippen LogP contribution in [0.25, 0.3) is 10.9 Å². The summed E-state index contributed by atoms with van der Waals surface area (Å²) in [5, 5.41) is 1.03. The number of benzene rings is 2. The number of aryl methyl sites for hydroxylation is 1. The van der Waals surface area contributed by atoms with Crippen molar-refractivity contribution in [2.75, 3.05) is 7.11 Å². The van der Waals surface area contributed by atoms with Gasteiger partial charge in [0.1, 0.15) is 5.75 Å². The predicted octanol–water partition coefficient (Wildman–Crippen LogP) is 3.84. The predicted molar refractivity (Wildman–Crippen MR) is 84.0 cm³/mol. The highest BCUT2D eigenvalue weighted by Gasteiger charge is 2.12. The number of nitrogens with zero attached hydrogens (tertiary/aromatic N) is 1. The molecule has 0 atom stereocenters. The lowest BCUT2D eigenvalue weighted by molar-refractivity contribution is 0.0973. The third-order valence-corrected chi connectivity index (χ3v) is 3.75. The van der Waals surface area contributed by atoms with E-state index in [1.807, 2.05) is 66.2 Å². The molecule has 0 saturated heterocycles. The molecule has 0 saturated carbocycles. The van der Waals surface area contributed by atoms with Crippen LogP contribution < -0.4 is 4.74 Å². The minimum atomic E-state index is 0.119. The van der Waals surface area contributed by atoms with E-state index in [1.54, 1.807) is 7.11 Å². The highest BCUT2D eigenvalue weighted by molar-refractivity contribution is 5.98. The Balaban J connectivity index is 1.96. The molecular weight excluding hydrogens is 262 g/mol. The van der Waals surface area contributed by atoms with Crippen molar-refractivity contribution in [3.8, 4) is 5.75 Å². The Morgan fingerprint density at radius 3 is 2.67 bits per heavy atom. The number of ether oxygens (including phenoxy) is 1. The van der Waals surface area contributed by atoms with Gasteiger partial charge in [-0.3, -0.25) is 4.79 Å². The minimum absolute atomic E-state index is 0.119. The fraction of sp³-hybridized carbons (Fsp3) is 0.167. The number of carbonyl (C=O) groups is 1. The summed E-state index contributed by atoms with van der Waals surface area (Å²) < 4.78 is 7.32. The summed E-state index contributed by atoms with van der Waals surface area (Å²) in [6.45, 7) is 2.30. The van der Waals surface area contributed by atoms with Crippen LogP contribution in [0.3, 0.4) is 0 Å². The van der Waals surface area contributed by atoms with Crippen LogP contribution in [0.2, 0.25) is 0 Å². The van der Waals surface area contributed by atoms with E-state index in [4.69, 9.17) is 4.74 Å². The van der Waals surface area contributed by atoms with Gasteiger partial charge in [-0.25, -0.2) is 0 Å². The fourth-order valence-corrected chi connectivity index (χ4v) is 2.64. The number of hydrogen-bond acceptors (Lipinski definition) is 2. The SMILES string of the molecule is COc1cccc2c1ccn2CC(=O)c1ccccc1C. The molecule has 0 bridgehead atoms. The number of hydrogen-bond donors (Lipinski definition) is 0. The average Bonchev–Trinajstić information content (AvgIpc) is 2.91. The van der Waals surface area contributed by atoms with Crippen LogP contribution >= 0.6 is 0 Å². The zero-order chi connectivity index (χ0) is 14.8. The van der Waals surface area contributed by atoms with E-state index in [1.165, 1.54) is 0 Å². The molecule has 3 nitrogen and oxygen atoms in total. The van der Waals surface area contributed by atoms with Crippen molar-refractivity contribution in [3.05, 3.63) is 65.9 Å². The normalized spacial score (nSPS) is 10.8. The number of Topliss-reactive ketones (excluding diaryl/α,β-unsaturated/α-hetero) is 1. The van der Waals surface area contributed by atoms with E-state index in [2.05, 4.69) is 0 Å².